The van der Waals surface area contributed by atoms with E-state index in [-0.39, 0.29) is 0 Å². The van der Waals surface area contributed by atoms with Crippen LogP contribution in [0.2, 0.25) is 0 Å². The van der Waals surface area contributed by atoms with Crippen LogP contribution in [0.1, 0.15) is 12.0 Å². The summed E-state index contributed by atoms with van der Waals surface area (Å²) in [7, 11) is 0. The van der Waals surface area contributed by atoms with Crippen LogP contribution in [-0.4, -0.2) is 21.3 Å². The lowest BCUT2D eigenvalue weighted by Crippen LogP contribution is -2.02. The van der Waals surface area contributed by atoms with Gasteiger partial charge in [-0.2, -0.15) is 5.10 Å². The van der Waals surface area contributed by atoms with Gasteiger partial charge in [-0.3, -0.25) is 10.1 Å². The summed E-state index contributed by atoms with van der Waals surface area (Å²) in [5.74, 6) is 0. The molecule has 0 radical (unpaired) electrons. The second-order valence-corrected chi connectivity index (χ2v) is 5.52. The van der Waals surface area contributed by atoms with Crippen molar-refractivity contribution in [3.63, 3.8) is 0 Å². The molecule has 1 unspecified atom stereocenters. The summed E-state index contributed by atoms with van der Waals surface area (Å²) in [5.41, 5.74) is 2.24. The van der Waals surface area contributed by atoms with Crippen molar-refractivity contribution in [2.24, 2.45) is 4.99 Å². The summed E-state index contributed by atoms with van der Waals surface area (Å²) < 4.78 is 0. The molecule has 4 heteroatoms. The van der Waals surface area contributed by atoms with E-state index in [0.29, 0.717) is 6.04 Å². The number of thioether (sulfide) groups is 1. The Hall–Kier alpha value is -1.81. The van der Waals surface area contributed by atoms with Gasteiger partial charge in [0.05, 0.1) is 17.8 Å². The lowest BCUT2D eigenvalue weighted by atomic mass is 10.1. The Kier molecular flexibility index (Phi) is 2.17. The summed E-state index contributed by atoms with van der Waals surface area (Å²) in [6.07, 6.45) is 9.34. The predicted octanol–water partition coefficient (Wildman–Crippen LogP) is 3.27. The fourth-order valence-electron chi connectivity index (χ4n) is 2.30. The van der Waals surface area contributed by atoms with Crippen LogP contribution in [0.3, 0.4) is 0 Å². The predicted molar refractivity (Wildman–Crippen MR) is 75.8 cm³/mol. The van der Waals surface area contributed by atoms with Crippen LogP contribution < -0.4 is 0 Å². The lowest BCUT2D eigenvalue weighted by molar-refractivity contribution is 0.826. The molecule has 0 saturated heterocycles. The molecule has 18 heavy (non-hydrogen) atoms. The Labute approximate surface area is 109 Å². The summed E-state index contributed by atoms with van der Waals surface area (Å²) in [6.45, 7) is 0. The smallest absolute Gasteiger partial charge is 0.103 e. The molecule has 88 valence electrons. The number of H-pyrrole nitrogens is 1. The molecule has 1 aliphatic carbocycles. The Morgan fingerprint density at radius 2 is 2.33 bits per heavy atom. The van der Waals surface area contributed by atoms with Crippen molar-refractivity contribution in [2.45, 2.75) is 12.5 Å². The van der Waals surface area contributed by atoms with Gasteiger partial charge in [-0.25, -0.2) is 0 Å². The fourth-order valence-corrected chi connectivity index (χ4v) is 3.38. The van der Waals surface area contributed by atoms with E-state index >= 15 is 0 Å². The van der Waals surface area contributed by atoms with Gasteiger partial charge < -0.3 is 0 Å². The van der Waals surface area contributed by atoms with Crippen LogP contribution >= 0.6 is 11.8 Å². The standard InChI is InChI=1S/C14H11N3S/c1-2-4-13-11(3-1)16-14(18-13)9-5-6-10-8-15-17-12(10)7-9/h1-2,4-8,11H,3H2,(H,15,17). The Morgan fingerprint density at radius 3 is 3.28 bits per heavy atom. The average molecular weight is 253 g/mol. The first-order chi connectivity index (χ1) is 8.90. The number of aliphatic imine (C=N–C) groups is 1. The van der Waals surface area contributed by atoms with Gasteiger partial charge in [0.2, 0.25) is 0 Å². The van der Waals surface area contributed by atoms with Gasteiger partial charge >= 0.3 is 0 Å². The minimum Gasteiger partial charge on any atom is -0.278 e. The number of hydrogen-bond donors (Lipinski definition) is 1. The number of nitrogens with one attached hydrogen (secondary N) is 1. The summed E-state index contributed by atoms with van der Waals surface area (Å²) in [5, 5.41) is 9.31. The Bertz CT molecular complexity index is 709. The molecule has 1 aromatic carbocycles. The van der Waals surface area contributed by atoms with Crippen LogP contribution in [0, 0.1) is 0 Å². The molecule has 1 N–H and O–H groups in total. The third-order valence-electron chi connectivity index (χ3n) is 3.26. The highest BCUT2D eigenvalue weighted by Gasteiger charge is 2.25. The monoisotopic (exact) mass is 253 g/mol. The topological polar surface area (TPSA) is 41.0 Å². The summed E-state index contributed by atoms with van der Waals surface area (Å²) >= 11 is 1.78. The van der Waals surface area contributed by atoms with E-state index in [9.17, 15) is 0 Å². The van der Waals surface area contributed by atoms with Gasteiger partial charge in [0.25, 0.3) is 0 Å². The first-order valence-corrected chi connectivity index (χ1v) is 6.78. The van der Waals surface area contributed by atoms with Crippen LogP contribution in [0.15, 0.2) is 52.5 Å². The van der Waals surface area contributed by atoms with Crippen molar-refractivity contribution in [1.29, 1.82) is 0 Å². The molecular formula is C14H11N3S. The summed E-state index contributed by atoms with van der Waals surface area (Å²) in [6, 6.07) is 6.67. The molecule has 2 aliphatic rings. The van der Waals surface area contributed by atoms with Crippen molar-refractivity contribution < 1.29 is 0 Å². The number of hydrogen-bond acceptors (Lipinski definition) is 3. The van der Waals surface area contributed by atoms with Crippen LogP contribution in [0.25, 0.3) is 10.9 Å². The SMILES string of the molecule is C1=CCC2N=C(c3ccc4cn[nH]c4c3)SC2=C1. The van der Waals surface area contributed by atoms with Crippen LogP contribution in [-0.2, 0) is 0 Å². The molecule has 3 nitrogen and oxygen atoms in total. The number of rotatable bonds is 1. The highest BCUT2D eigenvalue weighted by Crippen LogP contribution is 2.37. The van der Waals surface area contributed by atoms with Crippen molar-refractivity contribution >= 4 is 27.7 Å². The average Bonchev–Trinajstić information content (AvgIpc) is 3.04. The largest absolute Gasteiger partial charge is 0.278 e. The van der Waals surface area contributed by atoms with Crippen molar-refractivity contribution in [2.75, 3.05) is 0 Å². The van der Waals surface area contributed by atoms with E-state index in [4.69, 9.17) is 4.99 Å². The van der Waals surface area contributed by atoms with Gasteiger partial charge in [-0.05, 0) is 12.5 Å². The number of aromatic nitrogens is 2. The molecule has 0 bridgehead atoms. The fraction of sp³-hybridized carbons (Fsp3) is 0.143. The normalized spacial score (nSPS) is 21.9. The maximum Gasteiger partial charge on any atom is 0.103 e. The molecule has 1 aliphatic heterocycles. The third kappa shape index (κ3) is 1.53. The Morgan fingerprint density at radius 1 is 1.33 bits per heavy atom. The second-order valence-electron chi connectivity index (χ2n) is 4.46. The molecule has 1 aromatic heterocycles. The molecule has 0 saturated carbocycles. The maximum atomic E-state index is 4.80. The van der Waals surface area contributed by atoms with E-state index in [0.717, 1.165) is 22.4 Å². The molecule has 0 amide bonds. The first kappa shape index (κ1) is 10.1. The van der Waals surface area contributed by atoms with E-state index in [1.807, 2.05) is 6.20 Å². The van der Waals surface area contributed by atoms with Gasteiger partial charge in [0.15, 0.2) is 0 Å². The highest BCUT2D eigenvalue weighted by atomic mass is 32.2. The number of aromatic amines is 1. The third-order valence-corrected chi connectivity index (χ3v) is 4.44. The van der Waals surface area contributed by atoms with E-state index in [2.05, 4.69) is 46.6 Å². The lowest BCUT2D eigenvalue weighted by Gasteiger charge is -2.07. The quantitative estimate of drug-likeness (QED) is 0.847. The zero-order valence-electron chi connectivity index (χ0n) is 9.63. The second kappa shape index (κ2) is 3.85. The van der Waals surface area contributed by atoms with Gasteiger partial charge in [-0.15, -0.1) is 0 Å². The molecule has 4 rings (SSSR count). The molecule has 2 heterocycles. The molecule has 2 aromatic rings. The van der Waals surface area contributed by atoms with Crippen molar-refractivity contribution in [3.8, 4) is 0 Å². The molecule has 0 fully saturated rings. The molecular weight excluding hydrogens is 242 g/mol. The number of allylic oxidation sites excluding steroid dienone is 2. The van der Waals surface area contributed by atoms with Crippen LogP contribution in [0.5, 0.6) is 0 Å². The maximum absolute atomic E-state index is 4.80. The van der Waals surface area contributed by atoms with E-state index in [1.54, 1.807) is 11.8 Å². The zero-order chi connectivity index (χ0) is 11.9. The number of benzene rings is 1. The first-order valence-electron chi connectivity index (χ1n) is 5.96. The van der Waals surface area contributed by atoms with Gasteiger partial charge in [0.1, 0.15) is 5.04 Å². The van der Waals surface area contributed by atoms with E-state index < -0.39 is 0 Å². The zero-order valence-corrected chi connectivity index (χ0v) is 10.4. The minimum absolute atomic E-state index is 0.340. The van der Waals surface area contributed by atoms with Crippen LogP contribution in [0.4, 0.5) is 0 Å². The highest BCUT2D eigenvalue weighted by molar-refractivity contribution is 8.18. The van der Waals surface area contributed by atoms with Gasteiger partial charge in [-0.1, -0.05) is 42.1 Å². The molecule has 0 spiro atoms. The van der Waals surface area contributed by atoms with Crippen molar-refractivity contribution in [1.82, 2.24) is 10.2 Å². The van der Waals surface area contributed by atoms with Crippen molar-refractivity contribution in [3.05, 3.63) is 53.1 Å². The Balaban J connectivity index is 1.75. The van der Waals surface area contributed by atoms with Gasteiger partial charge in [0, 0.05) is 15.9 Å². The summed E-state index contributed by atoms with van der Waals surface area (Å²) in [4.78, 5) is 6.16. The number of fused-ring (bicyclic) bond motifs is 2. The number of nitrogens with zero attached hydrogens (tertiary/aromatic N) is 2. The van der Waals surface area contributed by atoms with E-state index in [1.165, 1.54) is 10.5 Å². The minimum atomic E-state index is 0.340. The molecule has 1 atom stereocenters.